The third-order valence-electron chi connectivity index (χ3n) is 6.42. The lowest BCUT2D eigenvalue weighted by molar-refractivity contribution is -0.137. The highest BCUT2D eigenvalue weighted by atomic mass is 16.5. The average Bonchev–Trinajstić information content (AvgIpc) is 3.27. The largest absolute Gasteiger partial charge is 0.465 e. The Bertz CT molecular complexity index is 1440. The fraction of sp³-hybridized carbons (Fsp3) is 0.269. The molecule has 1 aliphatic heterocycles. The molecule has 4 N–H and O–H groups in total. The zero-order valence-corrected chi connectivity index (χ0v) is 20.5. The molecular formula is C26H27N7O5. The number of nitrogen functional groups attached to an aromatic ring is 1. The summed E-state index contributed by atoms with van der Waals surface area (Å²) in [6.07, 6.45) is 0.261. The second-order valence-electron chi connectivity index (χ2n) is 8.89. The second-order valence-corrected chi connectivity index (χ2v) is 8.89. The van der Waals surface area contributed by atoms with Crippen LogP contribution in [0.5, 0.6) is 11.5 Å². The summed E-state index contributed by atoms with van der Waals surface area (Å²) in [7, 11) is 0. The summed E-state index contributed by atoms with van der Waals surface area (Å²) in [5.74, 6) is 1.57. The van der Waals surface area contributed by atoms with Gasteiger partial charge in [0, 0.05) is 38.2 Å². The van der Waals surface area contributed by atoms with Gasteiger partial charge >= 0.3 is 6.09 Å². The number of hydrogen-bond acceptors (Lipinski definition) is 8. The SMILES string of the molecule is Nc1ncnc2c1c(-c1ccc(Oc3ccccc3)cc1)nn2C1CN(C(=O)CCN(CCO)C(=O)O)C1. The van der Waals surface area contributed by atoms with Crippen molar-refractivity contribution in [2.75, 3.05) is 38.5 Å². The number of para-hydroxylation sites is 1. The minimum Gasteiger partial charge on any atom is -0.465 e. The molecule has 0 saturated carbocycles. The molecule has 12 nitrogen and oxygen atoms in total. The highest BCUT2D eigenvalue weighted by Crippen LogP contribution is 2.35. The summed E-state index contributed by atoms with van der Waals surface area (Å²) in [5.41, 5.74) is 8.26. The Morgan fingerprint density at radius 2 is 1.74 bits per heavy atom. The van der Waals surface area contributed by atoms with E-state index in [1.165, 1.54) is 6.33 Å². The number of fused-ring (bicyclic) bond motifs is 1. The van der Waals surface area contributed by atoms with Crippen LogP contribution in [0.2, 0.25) is 0 Å². The number of aliphatic hydroxyl groups excluding tert-OH is 1. The van der Waals surface area contributed by atoms with Gasteiger partial charge in [-0.15, -0.1) is 0 Å². The maximum absolute atomic E-state index is 12.6. The van der Waals surface area contributed by atoms with Crippen molar-refractivity contribution >= 4 is 28.9 Å². The molecule has 0 radical (unpaired) electrons. The zero-order chi connectivity index (χ0) is 26.6. The number of nitrogens with two attached hydrogens (primary N) is 1. The van der Waals surface area contributed by atoms with E-state index in [4.69, 9.17) is 25.8 Å². The second kappa shape index (κ2) is 10.7. The predicted octanol–water partition coefficient (Wildman–Crippen LogP) is 2.61. The molecular weight excluding hydrogens is 490 g/mol. The van der Waals surface area contributed by atoms with Crippen LogP contribution in [0.4, 0.5) is 10.6 Å². The Morgan fingerprint density at radius 3 is 2.42 bits per heavy atom. The number of aromatic nitrogens is 4. The van der Waals surface area contributed by atoms with Gasteiger partial charge in [0.25, 0.3) is 0 Å². The number of likely N-dealkylation sites (tertiary alicyclic amines) is 1. The molecule has 12 heteroatoms. The molecule has 0 bridgehead atoms. The van der Waals surface area contributed by atoms with Crippen LogP contribution in [-0.2, 0) is 4.79 Å². The van der Waals surface area contributed by atoms with Crippen molar-refractivity contribution < 1.29 is 24.5 Å². The number of carboxylic acid groups (broad SMARTS) is 1. The lowest BCUT2D eigenvalue weighted by Gasteiger charge is -2.39. The van der Waals surface area contributed by atoms with Crippen LogP contribution in [0.1, 0.15) is 12.5 Å². The van der Waals surface area contributed by atoms with Gasteiger partial charge in [-0.25, -0.2) is 19.4 Å². The van der Waals surface area contributed by atoms with E-state index in [1.54, 1.807) is 9.58 Å². The first-order chi connectivity index (χ1) is 18.4. The number of rotatable bonds is 9. The molecule has 0 atom stereocenters. The number of carbonyl (C=O) groups excluding carboxylic acids is 1. The smallest absolute Gasteiger partial charge is 0.407 e. The maximum Gasteiger partial charge on any atom is 0.407 e. The van der Waals surface area contributed by atoms with E-state index in [-0.39, 0.29) is 38.1 Å². The molecule has 1 saturated heterocycles. The van der Waals surface area contributed by atoms with Gasteiger partial charge in [-0.05, 0) is 36.4 Å². The number of amides is 2. The summed E-state index contributed by atoms with van der Waals surface area (Å²) in [5, 5.41) is 23.6. The molecule has 3 heterocycles. The summed E-state index contributed by atoms with van der Waals surface area (Å²) in [6.45, 7) is 0.521. The van der Waals surface area contributed by atoms with Crippen LogP contribution in [-0.4, -0.2) is 84.5 Å². The third-order valence-corrected chi connectivity index (χ3v) is 6.42. The van der Waals surface area contributed by atoms with Gasteiger partial charge in [-0.2, -0.15) is 5.10 Å². The van der Waals surface area contributed by atoms with E-state index in [0.29, 0.717) is 41.4 Å². The van der Waals surface area contributed by atoms with Gasteiger partial charge in [-0.3, -0.25) is 4.79 Å². The van der Waals surface area contributed by atoms with E-state index in [9.17, 15) is 9.59 Å². The van der Waals surface area contributed by atoms with Gasteiger partial charge in [-0.1, -0.05) is 18.2 Å². The third kappa shape index (κ3) is 5.06. The van der Waals surface area contributed by atoms with Crippen LogP contribution in [0.25, 0.3) is 22.3 Å². The van der Waals surface area contributed by atoms with Crippen molar-refractivity contribution in [1.29, 1.82) is 0 Å². The number of carbonyl (C=O) groups is 2. The van der Waals surface area contributed by atoms with E-state index in [2.05, 4.69) is 9.97 Å². The summed E-state index contributed by atoms with van der Waals surface area (Å²) in [6, 6.07) is 16.9. The highest BCUT2D eigenvalue weighted by Gasteiger charge is 2.35. The summed E-state index contributed by atoms with van der Waals surface area (Å²) >= 11 is 0. The predicted molar refractivity (Wildman–Crippen MR) is 139 cm³/mol. The Hall–Kier alpha value is -4.71. The minimum atomic E-state index is -1.17. The topological polar surface area (TPSA) is 160 Å². The Morgan fingerprint density at radius 1 is 1.03 bits per heavy atom. The Labute approximate surface area is 217 Å². The van der Waals surface area contributed by atoms with E-state index < -0.39 is 6.09 Å². The van der Waals surface area contributed by atoms with Crippen LogP contribution >= 0.6 is 0 Å². The summed E-state index contributed by atoms with van der Waals surface area (Å²) in [4.78, 5) is 35.1. The Kier molecular flexibility index (Phi) is 7.05. The molecule has 38 heavy (non-hydrogen) atoms. The zero-order valence-electron chi connectivity index (χ0n) is 20.5. The molecule has 2 amide bonds. The van der Waals surface area contributed by atoms with Gasteiger partial charge in [0.1, 0.15) is 29.3 Å². The number of ether oxygens (including phenoxy) is 1. The lowest BCUT2D eigenvalue weighted by Crippen LogP contribution is -2.51. The van der Waals surface area contributed by atoms with Crippen LogP contribution in [0.15, 0.2) is 60.9 Å². The van der Waals surface area contributed by atoms with Crippen molar-refractivity contribution in [1.82, 2.24) is 29.5 Å². The number of aliphatic hydroxyl groups is 1. The van der Waals surface area contributed by atoms with Crippen molar-refractivity contribution in [3.05, 3.63) is 60.9 Å². The van der Waals surface area contributed by atoms with E-state index in [1.807, 2.05) is 54.6 Å². The first-order valence-corrected chi connectivity index (χ1v) is 12.1. The highest BCUT2D eigenvalue weighted by molar-refractivity contribution is 5.98. The van der Waals surface area contributed by atoms with Crippen molar-refractivity contribution in [2.45, 2.75) is 12.5 Å². The Balaban J connectivity index is 1.31. The maximum atomic E-state index is 12.6. The van der Waals surface area contributed by atoms with E-state index in [0.717, 1.165) is 16.2 Å². The number of benzene rings is 2. The van der Waals surface area contributed by atoms with Crippen LogP contribution in [0.3, 0.4) is 0 Å². The molecule has 0 unspecified atom stereocenters. The van der Waals surface area contributed by atoms with Crippen molar-refractivity contribution in [3.8, 4) is 22.8 Å². The van der Waals surface area contributed by atoms with Crippen LogP contribution in [0, 0.1) is 0 Å². The molecule has 0 aliphatic carbocycles. The monoisotopic (exact) mass is 517 g/mol. The molecule has 4 aromatic rings. The molecule has 0 spiro atoms. The number of anilines is 1. The fourth-order valence-electron chi connectivity index (χ4n) is 4.38. The number of nitrogens with zero attached hydrogens (tertiary/aromatic N) is 6. The van der Waals surface area contributed by atoms with Gasteiger partial charge in [0.2, 0.25) is 5.91 Å². The van der Waals surface area contributed by atoms with Gasteiger partial charge in [0.15, 0.2) is 5.65 Å². The molecule has 1 fully saturated rings. The van der Waals surface area contributed by atoms with Gasteiger partial charge < -0.3 is 30.5 Å². The first-order valence-electron chi connectivity index (χ1n) is 12.1. The van der Waals surface area contributed by atoms with Crippen molar-refractivity contribution in [2.24, 2.45) is 0 Å². The quantitative estimate of drug-likeness (QED) is 0.303. The van der Waals surface area contributed by atoms with E-state index >= 15 is 0 Å². The minimum absolute atomic E-state index is 0.0263. The molecule has 1 aliphatic rings. The normalized spacial score (nSPS) is 13.3. The average molecular weight is 518 g/mol. The fourth-order valence-corrected chi connectivity index (χ4v) is 4.38. The number of hydrogen-bond donors (Lipinski definition) is 3. The molecule has 5 rings (SSSR count). The molecule has 2 aromatic heterocycles. The molecule has 2 aromatic carbocycles. The van der Waals surface area contributed by atoms with Crippen LogP contribution < -0.4 is 10.5 Å². The standard InChI is InChI=1S/C26H27N7O5/c27-24-22-23(17-6-8-20(9-7-17)38-19-4-2-1-3-5-19)30-33(25(22)29-16-28-24)18-14-32(15-18)21(35)10-11-31(12-13-34)26(36)37/h1-9,16,18,34H,10-15H2,(H,36,37)(H2,27,28,29). The van der Waals surface area contributed by atoms with Gasteiger partial charge in [0.05, 0.1) is 18.0 Å². The first kappa shape index (κ1) is 25.0. The lowest BCUT2D eigenvalue weighted by atomic mass is 10.1. The summed E-state index contributed by atoms with van der Waals surface area (Å²) < 4.78 is 7.66. The molecule has 196 valence electrons. The van der Waals surface area contributed by atoms with Crippen molar-refractivity contribution in [3.63, 3.8) is 0 Å².